The molecule has 0 saturated heterocycles. The van der Waals surface area contributed by atoms with E-state index >= 15 is 0 Å². The first-order chi connectivity index (χ1) is 17.2. The molecule has 0 radical (unpaired) electrons. The number of nitrogens with zero attached hydrogens (tertiary/aromatic N) is 2. The topological polar surface area (TPSA) is 80.5 Å². The van der Waals surface area contributed by atoms with E-state index in [1.54, 1.807) is 0 Å². The summed E-state index contributed by atoms with van der Waals surface area (Å²) in [6.45, 7) is 3.68. The zero-order valence-electron chi connectivity index (χ0n) is 21.3. The Labute approximate surface area is 210 Å². The van der Waals surface area contributed by atoms with Crippen molar-refractivity contribution in [3.05, 3.63) is 48.5 Å². The molecule has 1 N–H and O–H groups in total. The van der Waals surface area contributed by atoms with E-state index in [1.807, 2.05) is 48.5 Å². The minimum atomic E-state index is -0.691. The van der Waals surface area contributed by atoms with Gasteiger partial charge in [0.1, 0.15) is 11.5 Å². The number of ether oxygens (including phenoxy) is 2. The first kappa shape index (κ1) is 28.3. The van der Waals surface area contributed by atoms with Crippen LogP contribution in [-0.4, -0.2) is 24.3 Å². The number of carboxylic acid groups (broad SMARTS) is 1. The SMILES string of the molecule is CCCCCCOc1ccc(N=Nc2ccc(OCCCCCCCCCCC(=O)O)cc2)cc1. The maximum absolute atomic E-state index is 10.5. The molecule has 0 spiro atoms. The Hall–Kier alpha value is -2.89. The van der Waals surface area contributed by atoms with Gasteiger partial charge in [-0.1, -0.05) is 64.7 Å². The predicted octanol–water partition coefficient (Wildman–Crippen LogP) is 9.04. The Morgan fingerprint density at radius 1 is 0.629 bits per heavy atom. The molecule has 0 fully saturated rings. The van der Waals surface area contributed by atoms with Crippen LogP contribution in [0.4, 0.5) is 11.4 Å². The number of benzene rings is 2. The third-order valence-corrected chi connectivity index (χ3v) is 5.77. The summed E-state index contributed by atoms with van der Waals surface area (Å²) in [5, 5.41) is 17.2. The van der Waals surface area contributed by atoms with Crippen LogP contribution in [0.15, 0.2) is 58.8 Å². The third-order valence-electron chi connectivity index (χ3n) is 5.77. The molecule has 192 valence electrons. The van der Waals surface area contributed by atoms with Crippen LogP contribution in [0.3, 0.4) is 0 Å². The normalized spacial score (nSPS) is 11.1. The van der Waals surface area contributed by atoms with E-state index in [0.29, 0.717) is 13.0 Å². The standard InChI is InChI=1S/C29H42N2O4/c1-2-3-4-12-23-34-27-19-15-25(16-20-27)30-31-26-17-21-28(22-18-26)35-24-13-10-8-6-5-7-9-11-14-29(32)33/h15-22H,2-14,23-24H2,1H3,(H,32,33). The van der Waals surface area contributed by atoms with E-state index in [9.17, 15) is 4.79 Å². The van der Waals surface area contributed by atoms with Crippen LogP contribution in [0, 0.1) is 0 Å². The Morgan fingerprint density at radius 3 is 1.46 bits per heavy atom. The molecule has 0 atom stereocenters. The number of carboxylic acids is 1. The van der Waals surface area contributed by atoms with Gasteiger partial charge in [-0.15, -0.1) is 0 Å². The molecule has 2 rings (SSSR count). The summed E-state index contributed by atoms with van der Waals surface area (Å²) >= 11 is 0. The van der Waals surface area contributed by atoms with Crippen LogP contribution in [-0.2, 0) is 4.79 Å². The smallest absolute Gasteiger partial charge is 0.303 e. The van der Waals surface area contributed by atoms with E-state index in [2.05, 4.69) is 17.2 Å². The molecule has 0 aliphatic rings. The van der Waals surface area contributed by atoms with Crippen molar-refractivity contribution in [1.29, 1.82) is 0 Å². The van der Waals surface area contributed by atoms with Gasteiger partial charge in [-0.3, -0.25) is 4.79 Å². The number of aliphatic carboxylic acids is 1. The molecule has 6 heteroatoms. The fourth-order valence-electron chi connectivity index (χ4n) is 3.68. The van der Waals surface area contributed by atoms with Crippen molar-refractivity contribution in [3.8, 4) is 11.5 Å². The maximum Gasteiger partial charge on any atom is 0.303 e. The number of rotatable bonds is 20. The molecule has 2 aromatic carbocycles. The van der Waals surface area contributed by atoms with Crippen molar-refractivity contribution in [2.75, 3.05) is 13.2 Å². The molecule has 0 aliphatic carbocycles. The first-order valence-electron chi connectivity index (χ1n) is 13.3. The van der Waals surface area contributed by atoms with Gasteiger partial charge in [0.2, 0.25) is 0 Å². The number of unbranched alkanes of at least 4 members (excludes halogenated alkanes) is 10. The minimum absolute atomic E-state index is 0.296. The maximum atomic E-state index is 10.5. The highest BCUT2D eigenvalue weighted by atomic mass is 16.5. The molecule has 35 heavy (non-hydrogen) atoms. The summed E-state index contributed by atoms with van der Waals surface area (Å²) in [7, 11) is 0. The van der Waals surface area contributed by atoms with Crippen molar-refractivity contribution < 1.29 is 19.4 Å². The highest BCUT2D eigenvalue weighted by molar-refractivity contribution is 5.66. The van der Waals surface area contributed by atoms with Crippen LogP contribution >= 0.6 is 0 Å². The first-order valence-corrected chi connectivity index (χ1v) is 13.3. The second-order valence-corrected chi connectivity index (χ2v) is 8.92. The molecule has 0 amide bonds. The molecular weight excluding hydrogens is 440 g/mol. The van der Waals surface area contributed by atoms with E-state index in [1.165, 1.54) is 38.5 Å². The fourth-order valence-corrected chi connectivity index (χ4v) is 3.68. The van der Waals surface area contributed by atoms with Crippen LogP contribution in [0.5, 0.6) is 11.5 Å². The zero-order chi connectivity index (χ0) is 25.0. The van der Waals surface area contributed by atoms with Crippen molar-refractivity contribution >= 4 is 17.3 Å². The van der Waals surface area contributed by atoms with Gasteiger partial charge in [0, 0.05) is 6.42 Å². The van der Waals surface area contributed by atoms with E-state index in [4.69, 9.17) is 14.6 Å². The van der Waals surface area contributed by atoms with Gasteiger partial charge >= 0.3 is 5.97 Å². The summed E-state index contributed by atoms with van der Waals surface area (Å²) in [6, 6.07) is 15.4. The lowest BCUT2D eigenvalue weighted by Gasteiger charge is -2.06. The Kier molecular flexibility index (Phi) is 14.9. The van der Waals surface area contributed by atoms with Gasteiger partial charge in [-0.2, -0.15) is 10.2 Å². The predicted molar refractivity (Wildman–Crippen MR) is 141 cm³/mol. The average molecular weight is 483 g/mol. The highest BCUT2D eigenvalue weighted by Crippen LogP contribution is 2.23. The van der Waals surface area contributed by atoms with Crippen LogP contribution in [0.2, 0.25) is 0 Å². The van der Waals surface area contributed by atoms with E-state index < -0.39 is 5.97 Å². The molecule has 0 saturated carbocycles. The van der Waals surface area contributed by atoms with Crippen molar-refractivity contribution in [2.45, 2.75) is 90.4 Å². The lowest BCUT2D eigenvalue weighted by molar-refractivity contribution is -0.137. The molecule has 0 unspecified atom stereocenters. The van der Waals surface area contributed by atoms with Crippen molar-refractivity contribution in [2.24, 2.45) is 10.2 Å². The van der Waals surface area contributed by atoms with Gasteiger partial charge in [-0.25, -0.2) is 0 Å². The Morgan fingerprint density at radius 2 is 1.03 bits per heavy atom. The quantitative estimate of drug-likeness (QED) is 0.151. The Balaban J connectivity index is 1.55. The lowest BCUT2D eigenvalue weighted by atomic mass is 10.1. The molecule has 0 aromatic heterocycles. The second kappa shape index (κ2) is 18.4. The number of carbonyl (C=O) groups is 1. The third kappa shape index (κ3) is 14.2. The Bertz CT molecular complexity index is 835. The average Bonchev–Trinajstić information content (AvgIpc) is 2.87. The number of azo groups is 1. The summed E-state index contributed by atoms with van der Waals surface area (Å²) in [5.41, 5.74) is 1.58. The van der Waals surface area contributed by atoms with Gasteiger partial charge in [0.05, 0.1) is 24.6 Å². The van der Waals surface area contributed by atoms with Crippen LogP contribution in [0.25, 0.3) is 0 Å². The summed E-state index contributed by atoms with van der Waals surface area (Å²) in [6.07, 6.45) is 13.8. The van der Waals surface area contributed by atoms with Gasteiger partial charge < -0.3 is 14.6 Å². The minimum Gasteiger partial charge on any atom is -0.494 e. The number of hydrogen-bond acceptors (Lipinski definition) is 5. The lowest BCUT2D eigenvalue weighted by Crippen LogP contribution is -1.97. The number of hydrogen-bond donors (Lipinski definition) is 1. The van der Waals surface area contributed by atoms with Gasteiger partial charge in [0.25, 0.3) is 0 Å². The molecule has 0 heterocycles. The summed E-state index contributed by atoms with van der Waals surface area (Å²) < 4.78 is 11.6. The molecule has 0 bridgehead atoms. The molecular formula is C29H42N2O4. The second-order valence-electron chi connectivity index (χ2n) is 8.92. The summed E-state index contributed by atoms with van der Waals surface area (Å²) in [5.74, 6) is 1.03. The summed E-state index contributed by atoms with van der Waals surface area (Å²) in [4.78, 5) is 10.5. The van der Waals surface area contributed by atoms with Gasteiger partial charge in [-0.05, 0) is 67.8 Å². The van der Waals surface area contributed by atoms with E-state index in [0.717, 1.165) is 68.0 Å². The van der Waals surface area contributed by atoms with Crippen LogP contribution < -0.4 is 9.47 Å². The van der Waals surface area contributed by atoms with Crippen molar-refractivity contribution in [1.82, 2.24) is 0 Å². The fraction of sp³-hybridized carbons (Fsp3) is 0.552. The molecule has 2 aromatic rings. The zero-order valence-corrected chi connectivity index (χ0v) is 21.3. The van der Waals surface area contributed by atoms with Crippen molar-refractivity contribution in [3.63, 3.8) is 0 Å². The monoisotopic (exact) mass is 482 g/mol. The molecule has 6 nitrogen and oxygen atoms in total. The highest BCUT2D eigenvalue weighted by Gasteiger charge is 1.99. The van der Waals surface area contributed by atoms with Crippen LogP contribution in [0.1, 0.15) is 90.4 Å². The van der Waals surface area contributed by atoms with E-state index in [-0.39, 0.29) is 0 Å². The van der Waals surface area contributed by atoms with Gasteiger partial charge in [0.15, 0.2) is 0 Å². The largest absolute Gasteiger partial charge is 0.494 e. The molecule has 0 aliphatic heterocycles.